The van der Waals surface area contributed by atoms with Gasteiger partial charge in [-0.15, -0.1) is 0 Å². The standard InChI is InChI=1S/C51H49NO2/c1-50-5-7-51(2,8-6-50)49(53)37-22-42-38(21-40(37)50)46-47-39(45-41(52(42)47)4-3-32-28-11-26-10-27(12-28)18-31(17-26)44(32)45)20-36-35-19-33-29-13-24-9-25(14-29)16-30(15-24)34(33)23-43(35)54-48(36)46/h3-4,19-31H,5-18H2,1-2H3. The van der Waals surface area contributed by atoms with Gasteiger partial charge in [-0.3, -0.25) is 4.79 Å². The normalized spacial score (nSPS) is 37.3. The lowest BCUT2D eigenvalue weighted by atomic mass is 9.65. The summed E-state index contributed by atoms with van der Waals surface area (Å²) in [6.07, 6.45) is 18.1. The van der Waals surface area contributed by atoms with E-state index in [-0.39, 0.29) is 10.8 Å². The summed E-state index contributed by atoms with van der Waals surface area (Å²) >= 11 is 0. The maximum atomic E-state index is 14.6. The van der Waals surface area contributed by atoms with Crippen LogP contribution in [0.15, 0.2) is 46.9 Å². The Morgan fingerprint density at radius 2 is 1.20 bits per heavy atom. The van der Waals surface area contributed by atoms with Crippen molar-refractivity contribution >= 4 is 65.8 Å². The minimum absolute atomic E-state index is 0.0297. The van der Waals surface area contributed by atoms with Crippen molar-refractivity contribution in [1.29, 1.82) is 0 Å². The zero-order valence-corrected chi connectivity index (χ0v) is 31.8. The van der Waals surface area contributed by atoms with Crippen molar-refractivity contribution in [3.63, 3.8) is 0 Å². The van der Waals surface area contributed by atoms with E-state index in [0.717, 1.165) is 66.1 Å². The molecule has 11 aliphatic rings. The second kappa shape index (κ2) is 9.22. The minimum Gasteiger partial charge on any atom is -0.455 e. The highest BCUT2D eigenvalue weighted by atomic mass is 16.3. The summed E-state index contributed by atoms with van der Waals surface area (Å²) in [7, 11) is 0. The van der Waals surface area contributed by atoms with Crippen LogP contribution >= 0.6 is 0 Å². The van der Waals surface area contributed by atoms with Crippen LogP contribution in [0.5, 0.6) is 0 Å². The number of nitrogens with zero attached hydrogens (tertiary/aromatic N) is 1. The highest BCUT2D eigenvalue weighted by Gasteiger charge is 2.50. The first-order chi connectivity index (χ1) is 26.3. The lowest BCUT2D eigenvalue weighted by Crippen LogP contribution is -2.33. The number of carbonyl (C=O) groups excluding carboxylic acids is 1. The topological polar surface area (TPSA) is 34.6 Å². The number of benzene rings is 4. The molecule has 0 saturated heterocycles. The molecule has 0 spiro atoms. The summed E-state index contributed by atoms with van der Waals surface area (Å²) in [6.45, 7) is 4.70. The van der Waals surface area contributed by atoms with Crippen LogP contribution in [0, 0.1) is 29.1 Å². The fourth-order valence-electron chi connectivity index (χ4n) is 16.2. The summed E-state index contributed by atoms with van der Waals surface area (Å²) in [4.78, 5) is 14.6. The van der Waals surface area contributed by atoms with Gasteiger partial charge in [0, 0.05) is 37.9 Å². The van der Waals surface area contributed by atoms with E-state index in [0.29, 0.717) is 29.5 Å². The van der Waals surface area contributed by atoms with Crippen LogP contribution in [0.25, 0.3) is 60.0 Å². The first kappa shape index (κ1) is 29.4. The number of furan rings is 1. The van der Waals surface area contributed by atoms with Crippen LogP contribution in [0.3, 0.4) is 0 Å². The van der Waals surface area contributed by atoms with Crippen LogP contribution in [-0.2, 0) is 5.41 Å². The van der Waals surface area contributed by atoms with Gasteiger partial charge in [0.25, 0.3) is 0 Å². The van der Waals surface area contributed by atoms with E-state index < -0.39 is 0 Å². The molecule has 7 aromatic rings. The highest BCUT2D eigenvalue weighted by molar-refractivity contribution is 6.33. The Balaban J connectivity index is 1.11. The summed E-state index contributed by atoms with van der Waals surface area (Å²) in [5, 5.41) is 8.18. The molecule has 11 aliphatic carbocycles. The van der Waals surface area contributed by atoms with Gasteiger partial charge in [-0.1, -0.05) is 19.9 Å². The van der Waals surface area contributed by atoms with Gasteiger partial charge < -0.3 is 8.82 Å². The van der Waals surface area contributed by atoms with E-state index >= 15 is 0 Å². The molecule has 3 nitrogen and oxygen atoms in total. The van der Waals surface area contributed by atoms with Crippen LogP contribution in [0.4, 0.5) is 0 Å². The first-order valence-corrected chi connectivity index (χ1v) is 22.1. The Labute approximate surface area is 316 Å². The molecule has 4 aromatic carbocycles. The van der Waals surface area contributed by atoms with Crippen molar-refractivity contribution in [1.82, 2.24) is 4.40 Å². The molecular weight excluding hydrogens is 659 g/mol. The number of ketones is 1. The average molecular weight is 708 g/mol. The summed E-state index contributed by atoms with van der Waals surface area (Å²) < 4.78 is 9.90. The predicted octanol–water partition coefficient (Wildman–Crippen LogP) is 13.6. The van der Waals surface area contributed by atoms with Gasteiger partial charge >= 0.3 is 0 Å². The monoisotopic (exact) mass is 707 g/mol. The number of hydrogen-bond acceptors (Lipinski definition) is 2. The zero-order valence-electron chi connectivity index (χ0n) is 31.8. The molecule has 54 heavy (non-hydrogen) atoms. The van der Waals surface area contributed by atoms with E-state index in [1.165, 1.54) is 119 Å². The van der Waals surface area contributed by atoms with Gasteiger partial charge in [0.05, 0.1) is 21.9 Å². The van der Waals surface area contributed by atoms with Crippen molar-refractivity contribution in [2.45, 2.75) is 133 Å². The molecule has 10 bridgehead atoms. The SMILES string of the molecule is CC12CCC(C)(CC1)c1cc3c4c5oc6cc7c(cc6c5cc5c6c8c(ccc6n(c3cc1C2=O)c54)C1CC2CC(C1)CC8C2)C1CC2CC(CC7C2)C1. The van der Waals surface area contributed by atoms with Crippen LogP contribution in [-0.4, -0.2) is 10.2 Å². The Morgan fingerprint density at radius 3 is 1.91 bits per heavy atom. The van der Waals surface area contributed by atoms with E-state index in [1.54, 1.807) is 22.3 Å². The number of fused-ring (bicyclic) bond motifs is 12. The molecule has 4 unspecified atom stereocenters. The second-order valence-electron chi connectivity index (χ2n) is 21.4. The van der Waals surface area contributed by atoms with Crippen LogP contribution < -0.4 is 0 Å². The van der Waals surface area contributed by atoms with E-state index in [1.807, 2.05) is 0 Å². The molecule has 0 aliphatic heterocycles. The number of Topliss-reactive ketones (excluding diaryl/α,β-unsaturated/α-hetero) is 1. The quantitative estimate of drug-likeness (QED) is 0.157. The molecule has 3 heterocycles. The molecule has 5 fully saturated rings. The van der Waals surface area contributed by atoms with E-state index in [2.05, 4.69) is 60.7 Å². The third kappa shape index (κ3) is 3.34. The Bertz CT molecular complexity index is 2880. The fourth-order valence-corrected chi connectivity index (χ4v) is 16.2. The van der Waals surface area contributed by atoms with Gasteiger partial charge in [-0.25, -0.2) is 0 Å². The van der Waals surface area contributed by atoms with Gasteiger partial charge in [0.1, 0.15) is 11.2 Å². The summed E-state index contributed by atoms with van der Waals surface area (Å²) in [5.74, 6) is 6.74. The molecule has 3 aromatic heterocycles. The Hall–Kier alpha value is -3.85. The average Bonchev–Trinajstić information content (AvgIpc) is 3.69. The number of rotatable bonds is 0. The largest absolute Gasteiger partial charge is 0.455 e. The van der Waals surface area contributed by atoms with Crippen LogP contribution in [0.2, 0.25) is 0 Å². The van der Waals surface area contributed by atoms with Gasteiger partial charge in [0.2, 0.25) is 0 Å². The molecule has 0 amide bonds. The molecule has 3 heteroatoms. The van der Waals surface area contributed by atoms with Crippen molar-refractivity contribution in [2.75, 3.05) is 0 Å². The van der Waals surface area contributed by atoms with Crippen molar-refractivity contribution < 1.29 is 9.21 Å². The lowest BCUT2D eigenvalue weighted by molar-refractivity contribution is 0.0732. The maximum Gasteiger partial charge on any atom is 0.169 e. The number of hydrogen-bond donors (Lipinski definition) is 0. The van der Waals surface area contributed by atoms with Crippen molar-refractivity contribution in [3.05, 3.63) is 75.8 Å². The molecule has 0 N–H and O–H groups in total. The van der Waals surface area contributed by atoms with Gasteiger partial charge in [0.15, 0.2) is 5.78 Å². The molecular formula is C51H49NO2. The van der Waals surface area contributed by atoms with Gasteiger partial charge in [-0.2, -0.15) is 0 Å². The van der Waals surface area contributed by atoms with Crippen molar-refractivity contribution in [2.24, 2.45) is 29.1 Å². The van der Waals surface area contributed by atoms with Gasteiger partial charge in [-0.05, 0) is 207 Å². The second-order valence-corrected chi connectivity index (χ2v) is 21.4. The third-order valence-corrected chi connectivity index (χ3v) is 18.5. The Morgan fingerprint density at radius 1 is 0.574 bits per heavy atom. The predicted molar refractivity (Wildman–Crippen MR) is 218 cm³/mol. The molecule has 270 valence electrons. The Kier molecular flexibility index (Phi) is 5.03. The highest BCUT2D eigenvalue weighted by Crippen LogP contribution is 2.61. The van der Waals surface area contributed by atoms with Crippen molar-refractivity contribution in [3.8, 4) is 0 Å². The van der Waals surface area contributed by atoms with E-state index in [4.69, 9.17) is 4.42 Å². The van der Waals surface area contributed by atoms with Crippen LogP contribution in [0.1, 0.15) is 166 Å². The maximum absolute atomic E-state index is 14.6. The number of aromatic nitrogens is 1. The fraction of sp³-hybridized carbons (Fsp3) is 0.510. The lowest BCUT2D eigenvalue weighted by Gasteiger charge is -2.38. The molecule has 0 radical (unpaired) electrons. The van der Waals surface area contributed by atoms with E-state index in [9.17, 15) is 4.79 Å². The summed E-state index contributed by atoms with van der Waals surface area (Å²) in [5.41, 5.74) is 14.8. The smallest absolute Gasteiger partial charge is 0.169 e. The first-order valence-electron chi connectivity index (χ1n) is 22.1. The molecule has 5 saturated carbocycles. The molecule has 18 rings (SSSR count). The minimum atomic E-state index is -0.253. The molecule has 4 atom stereocenters. The number of carbonyl (C=O) groups is 1. The zero-order chi connectivity index (χ0) is 35.1. The summed E-state index contributed by atoms with van der Waals surface area (Å²) in [6, 6.07) is 17.7. The third-order valence-electron chi connectivity index (χ3n) is 18.5.